The summed E-state index contributed by atoms with van der Waals surface area (Å²) < 4.78 is 0. The fraction of sp³-hybridized carbons (Fsp3) is 0.588. The van der Waals surface area contributed by atoms with Crippen LogP contribution in [0.5, 0.6) is 0 Å². The molecule has 138 valence electrons. The van der Waals surface area contributed by atoms with E-state index < -0.39 is 0 Å². The molecule has 1 unspecified atom stereocenters. The SMILES string of the molecule is CCN1CCN(CCC(=O)NCC(N)c2ccccc2)CC1.Cl.Cl. The summed E-state index contributed by atoms with van der Waals surface area (Å²) in [5.74, 6) is 0.0873. The van der Waals surface area contributed by atoms with Gasteiger partial charge in [-0.2, -0.15) is 0 Å². The highest BCUT2D eigenvalue weighted by Gasteiger charge is 2.16. The molecule has 1 saturated heterocycles. The standard InChI is InChI=1S/C17H28N4O.2ClH/c1-2-20-10-12-21(13-11-20)9-8-17(22)19-14-16(18)15-6-4-3-5-7-15;;/h3-7,16H,2,8-14,18H2,1H3,(H,19,22);2*1H. The first kappa shape index (κ1) is 23.1. The summed E-state index contributed by atoms with van der Waals surface area (Å²) in [6.07, 6.45) is 0.549. The Labute approximate surface area is 157 Å². The molecule has 2 rings (SSSR count). The van der Waals surface area contributed by atoms with E-state index in [1.54, 1.807) is 0 Å². The van der Waals surface area contributed by atoms with Crippen LogP contribution in [0.15, 0.2) is 30.3 Å². The first-order valence-corrected chi connectivity index (χ1v) is 8.21. The average Bonchev–Trinajstić information content (AvgIpc) is 2.59. The Morgan fingerprint density at radius 2 is 1.71 bits per heavy atom. The Bertz CT molecular complexity index is 453. The zero-order chi connectivity index (χ0) is 15.8. The van der Waals surface area contributed by atoms with Gasteiger partial charge in [0.1, 0.15) is 0 Å². The second-order valence-electron chi connectivity index (χ2n) is 5.85. The van der Waals surface area contributed by atoms with Crippen molar-refractivity contribution in [2.75, 3.05) is 45.8 Å². The molecule has 0 aromatic heterocycles. The Kier molecular flexibility index (Phi) is 12.1. The van der Waals surface area contributed by atoms with Crippen LogP contribution in [0.1, 0.15) is 24.9 Å². The van der Waals surface area contributed by atoms with E-state index in [1.807, 2.05) is 30.3 Å². The number of nitrogens with two attached hydrogens (primary N) is 1. The van der Waals surface area contributed by atoms with Crippen molar-refractivity contribution < 1.29 is 4.79 Å². The summed E-state index contributed by atoms with van der Waals surface area (Å²) in [7, 11) is 0. The third kappa shape index (κ3) is 7.81. The highest BCUT2D eigenvalue weighted by atomic mass is 35.5. The van der Waals surface area contributed by atoms with Crippen LogP contribution in [-0.2, 0) is 4.79 Å². The van der Waals surface area contributed by atoms with Crippen LogP contribution in [-0.4, -0.2) is 61.5 Å². The number of hydrogen-bond donors (Lipinski definition) is 2. The smallest absolute Gasteiger partial charge is 0.221 e. The molecule has 1 amide bonds. The van der Waals surface area contributed by atoms with Crippen molar-refractivity contribution >= 4 is 30.7 Å². The molecule has 1 fully saturated rings. The van der Waals surface area contributed by atoms with Gasteiger partial charge in [-0.1, -0.05) is 37.3 Å². The number of halogens is 2. The number of hydrogen-bond acceptors (Lipinski definition) is 4. The molecule has 1 aliphatic rings. The van der Waals surface area contributed by atoms with Gasteiger partial charge < -0.3 is 20.9 Å². The van der Waals surface area contributed by atoms with Gasteiger partial charge >= 0.3 is 0 Å². The summed E-state index contributed by atoms with van der Waals surface area (Å²) in [6, 6.07) is 9.74. The van der Waals surface area contributed by atoms with Crippen molar-refractivity contribution in [3.05, 3.63) is 35.9 Å². The molecule has 3 N–H and O–H groups in total. The van der Waals surface area contributed by atoms with Crippen LogP contribution in [0.25, 0.3) is 0 Å². The minimum absolute atomic E-state index is 0. The van der Waals surface area contributed by atoms with E-state index in [1.165, 1.54) is 0 Å². The molecule has 24 heavy (non-hydrogen) atoms. The summed E-state index contributed by atoms with van der Waals surface area (Å²) in [5.41, 5.74) is 7.14. The Hall–Kier alpha value is -0.850. The predicted molar refractivity (Wildman–Crippen MR) is 104 cm³/mol. The zero-order valence-electron chi connectivity index (χ0n) is 14.3. The number of nitrogens with zero attached hydrogens (tertiary/aromatic N) is 2. The predicted octanol–water partition coefficient (Wildman–Crippen LogP) is 1.67. The lowest BCUT2D eigenvalue weighted by Crippen LogP contribution is -2.47. The monoisotopic (exact) mass is 376 g/mol. The maximum absolute atomic E-state index is 11.9. The molecule has 1 aromatic carbocycles. The first-order chi connectivity index (χ1) is 10.7. The Balaban J connectivity index is 0.00000264. The third-order valence-corrected chi connectivity index (χ3v) is 4.31. The normalized spacial score (nSPS) is 16.6. The lowest BCUT2D eigenvalue weighted by Gasteiger charge is -2.33. The summed E-state index contributed by atoms with van der Waals surface area (Å²) in [5, 5.41) is 2.94. The fourth-order valence-corrected chi connectivity index (χ4v) is 2.72. The number of benzene rings is 1. The van der Waals surface area contributed by atoms with Gasteiger partial charge in [-0.3, -0.25) is 4.79 Å². The molecule has 0 radical (unpaired) electrons. The fourth-order valence-electron chi connectivity index (χ4n) is 2.72. The molecule has 1 atom stereocenters. The van der Waals surface area contributed by atoms with Crippen LogP contribution in [0, 0.1) is 0 Å². The first-order valence-electron chi connectivity index (χ1n) is 8.21. The van der Waals surface area contributed by atoms with Crippen molar-refractivity contribution in [3.8, 4) is 0 Å². The minimum atomic E-state index is -0.141. The van der Waals surface area contributed by atoms with Gasteiger partial charge in [0.05, 0.1) is 0 Å². The van der Waals surface area contributed by atoms with Gasteiger partial charge in [0.2, 0.25) is 5.91 Å². The molecule has 1 aliphatic heterocycles. The van der Waals surface area contributed by atoms with E-state index in [-0.39, 0.29) is 36.8 Å². The second-order valence-corrected chi connectivity index (χ2v) is 5.85. The lowest BCUT2D eigenvalue weighted by atomic mass is 10.1. The molecule has 0 spiro atoms. The number of carbonyl (C=O) groups excluding carboxylic acids is 1. The van der Waals surface area contributed by atoms with Crippen molar-refractivity contribution in [1.29, 1.82) is 0 Å². The van der Waals surface area contributed by atoms with Crippen molar-refractivity contribution in [3.63, 3.8) is 0 Å². The summed E-state index contributed by atoms with van der Waals surface area (Å²) in [6.45, 7) is 8.98. The van der Waals surface area contributed by atoms with Crippen LogP contribution >= 0.6 is 24.8 Å². The number of nitrogens with one attached hydrogen (secondary N) is 1. The quantitative estimate of drug-likeness (QED) is 0.759. The maximum atomic E-state index is 11.9. The van der Waals surface area contributed by atoms with Crippen molar-refractivity contribution in [2.24, 2.45) is 5.73 Å². The number of rotatable bonds is 7. The molecule has 0 saturated carbocycles. The molecule has 0 aliphatic carbocycles. The van der Waals surface area contributed by atoms with Gasteiger partial charge in [-0.05, 0) is 12.1 Å². The number of amides is 1. The molecule has 7 heteroatoms. The lowest BCUT2D eigenvalue weighted by molar-refractivity contribution is -0.121. The molecule has 1 aromatic rings. The molecule has 0 bridgehead atoms. The number of piperazine rings is 1. The highest BCUT2D eigenvalue weighted by Crippen LogP contribution is 2.08. The Morgan fingerprint density at radius 3 is 2.29 bits per heavy atom. The van der Waals surface area contributed by atoms with Crippen molar-refractivity contribution in [1.82, 2.24) is 15.1 Å². The third-order valence-electron chi connectivity index (χ3n) is 4.31. The van der Waals surface area contributed by atoms with E-state index in [2.05, 4.69) is 22.0 Å². The van der Waals surface area contributed by atoms with Gasteiger partial charge in [-0.15, -0.1) is 24.8 Å². The van der Waals surface area contributed by atoms with Gasteiger partial charge in [0.15, 0.2) is 0 Å². The number of likely N-dealkylation sites (N-methyl/N-ethyl adjacent to an activating group) is 1. The summed E-state index contributed by atoms with van der Waals surface area (Å²) >= 11 is 0. The van der Waals surface area contributed by atoms with E-state index >= 15 is 0 Å². The molecular weight excluding hydrogens is 347 g/mol. The number of carbonyl (C=O) groups is 1. The van der Waals surface area contributed by atoms with E-state index in [9.17, 15) is 4.79 Å². The van der Waals surface area contributed by atoms with Gasteiger partial charge in [0, 0.05) is 51.7 Å². The van der Waals surface area contributed by atoms with Crippen LogP contribution in [0.4, 0.5) is 0 Å². The largest absolute Gasteiger partial charge is 0.354 e. The van der Waals surface area contributed by atoms with E-state index in [0.29, 0.717) is 13.0 Å². The average molecular weight is 377 g/mol. The van der Waals surface area contributed by atoms with E-state index in [4.69, 9.17) is 5.73 Å². The molecule has 5 nitrogen and oxygen atoms in total. The second kappa shape index (κ2) is 12.5. The van der Waals surface area contributed by atoms with Crippen LogP contribution in [0.3, 0.4) is 0 Å². The zero-order valence-corrected chi connectivity index (χ0v) is 16.0. The van der Waals surface area contributed by atoms with E-state index in [0.717, 1.165) is 44.8 Å². The van der Waals surface area contributed by atoms with Gasteiger partial charge in [-0.25, -0.2) is 0 Å². The molecule has 1 heterocycles. The topological polar surface area (TPSA) is 61.6 Å². The summed E-state index contributed by atoms with van der Waals surface area (Å²) in [4.78, 5) is 16.7. The van der Waals surface area contributed by atoms with Gasteiger partial charge in [0.25, 0.3) is 0 Å². The highest BCUT2D eigenvalue weighted by molar-refractivity contribution is 5.85. The maximum Gasteiger partial charge on any atom is 0.221 e. The minimum Gasteiger partial charge on any atom is -0.354 e. The van der Waals surface area contributed by atoms with Crippen LogP contribution < -0.4 is 11.1 Å². The van der Waals surface area contributed by atoms with Crippen molar-refractivity contribution in [2.45, 2.75) is 19.4 Å². The molecular formula is C17H30Cl2N4O. The van der Waals surface area contributed by atoms with Crippen LogP contribution in [0.2, 0.25) is 0 Å². The Morgan fingerprint density at radius 1 is 1.12 bits per heavy atom.